The van der Waals surface area contributed by atoms with Crippen LogP contribution in [-0.2, 0) is 0 Å². The Kier molecular flexibility index (Phi) is 5.22. The first kappa shape index (κ1) is 13.8. The molecule has 0 unspecified atom stereocenters. The van der Waals surface area contributed by atoms with Crippen molar-refractivity contribution in [2.45, 2.75) is 26.7 Å². The Bertz CT molecular complexity index is 391. The summed E-state index contributed by atoms with van der Waals surface area (Å²) in [6.07, 6.45) is 3.49. The van der Waals surface area contributed by atoms with Gasteiger partial charge in [0, 0.05) is 6.54 Å². The molecule has 94 valence electrons. The molecule has 0 saturated carbocycles. The number of anilines is 1. The lowest BCUT2D eigenvalue weighted by Gasteiger charge is -2.13. The molecule has 0 spiro atoms. The van der Waals surface area contributed by atoms with Crippen LogP contribution < -0.4 is 11.1 Å². The van der Waals surface area contributed by atoms with E-state index < -0.39 is 0 Å². The maximum atomic E-state index is 11.9. The molecule has 0 bridgehead atoms. The van der Waals surface area contributed by atoms with Gasteiger partial charge in [0.05, 0.1) is 17.4 Å². The first-order valence-corrected chi connectivity index (χ1v) is 6.15. The van der Waals surface area contributed by atoms with Crippen LogP contribution in [0.5, 0.6) is 0 Å². The fourth-order valence-corrected chi connectivity index (χ4v) is 1.70. The second-order valence-electron chi connectivity index (χ2n) is 3.99. The highest BCUT2D eigenvalue weighted by Crippen LogP contribution is 2.15. The molecule has 3 N–H and O–H groups in total. The molecule has 1 rings (SSSR count). The number of rotatable bonds is 5. The average molecular weight is 256 g/mol. The zero-order valence-corrected chi connectivity index (χ0v) is 10.9. The molecular weight excluding hydrogens is 238 g/mol. The number of nitrogen functional groups attached to an aromatic ring is 1. The van der Waals surface area contributed by atoms with Gasteiger partial charge in [-0.05, 0) is 12.0 Å². The second-order valence-corrected chi connectivity index (χ2v) is 4.37. The summed E-state index contributed by atoms with van der Waals surface area (Å²) in [4.78, 5) is 15.7. The van der Waals surface area contributed by atoms with Crippen molar-refractivity contribution >= 4 is 23.2 Å². The van der Waals surface area contributed by atoms with Crippen LogP contribution in [0.4, 0.5) is 5.69 Å². The third kappa shape index (κ3) is 3.89. The molecule has 0 aliphatic heterocycles. The van der Waals surface area contributed by atoms with Crippen molar-refractivity contribution in [2.24, 2.45) is 5.92 Å². The van der Waals surface area contributed by atoms with Gasteiger partial charge in [0.1, 0.15) is 5.15 Å². The highest BCUT2D eigenvalue weighted by atomic mass is 35.5. The average Bonchev–Trinajstić information content (AvgIpc) is 2.33. The molecule has 0 fully saturated rings. The van der Waals surface area contributed by atoms with E-state index >= 15 is 0 Å². The van der Waals surface area contributed by atoms with Gasteiger partial charge in [0.15, 0.2) is 0 Å². The number of carbonyl (C=O) groups is 1. The zero-order valence-electron chi connectivity index (χ0n) is 10.2. The Hall–Kier alpha value is -1.29. The number of hydrogen-bond acceptors (Lipinski definition) is 3. The van der Waals surface area contributed by atoms with E-state index in [-0.39, 0.29) is 11.1 Å². The van der Waals surface area contributed by atoms with Gasteiger partial charge >= 0.3 is 0 Å². The summed E-state index contributed by atoms with van der Waals surface area (Å²) in [5, 5.41) is 3.13. The highest BCUT2D eigenvalue weighted by molar-refractivity contribution is 6.29. The van der Waals surface area contributed by atoms with Crippen LogP contribution in [0.15, 0.2) is 12.3 Å². The fourth-order valence-electron chi connectivity index (χ4n) is 1.55. The summed E-state index contributed by atoms with van der Waals surface area (Å²) in [5.74, 6) is 0.302. The maximum Gasteiger partial charge on any atom is 0.253 e. The van der Waals surface area contributed by atoms with Crippen molar-refractivity contribution in [1.82, 2.24) is 10.3 Å². The van der Waals surface area contributed by atoms with Crippen molar-refractivity contribution in [2.75, 3.05) is 12.3 Å². The zero-order chi connectivity index (χ0) is 12.8. The minimum absolute atomic E-state index is 0.196. The minimum Gasteiger partial charge on any atom is -0.397 e. The quantitative estimate of drug-likeness (QED) is 0.795. The topological polar surface area (TPSA) is 68.0 Å². The maximum absolute atomic E-state index is 11.9. The molecule has 0 radical (unpaired) electrons. The van der Waals surface area contributed by atoms with Crippen LogP contribution >= 0.6 is 11.6 Å². The normalized spacial score (nSPS) is 10.6. The predicted octanol–water partition coefficient (Wildman–Crippen LogP) is 2.48. The summed E-state index contributed by atoms with van der Waals surface area (Å²) in [7, 11) is 0. The fraction of sp³-hybridized carbons (Fsp3) is 0.500. The van der Waals surface area contributed by atoms with Crippen molar-refractivity contribution in [1.29, 1.82) is 0 Å². The van der Waals surface area contributed by atoms with Gasteiger partial charge in [-0.1, -0.05) is 38.3 Å². The van der Waals surface area contributed by atoms with Crippen LogP contribution in [0.2, 0.25) is 5.15 Å². The summed E-state index contributed by atoms with van der Waals surface area (Å²) in [5.41, 5.74) is 6.41. The lowest BCUT2D eigenvalue weighted by molar-refractivity contribution is 0.0947. The Morgan fingerprint density at radius 1 is 1.53 bits per heavy atom. The molecule has 5 heteroatoms. The molecule has 0 saturated heterocycles. The van der Waals surface area contributed by atoms with Gasteiger partial charge in [0.2, 0.25) is 0 Å². The Morgan fingerprint density at radius 3 is 2.76 bits per heavy atom. The number of nitrogens with one attached hydrogen (secondary N) is 1. The van der Waals surface area contributed by atoms with Gasteiger partial charge < -0.3 is 11.1 Å². The SMILES string of the molecule is CCC(CC)CNC(=O)c1cc(Cl)ncc1N. The molecule has 1 aromatic rings. The molecule has 1 amide bonds. The smallest absolute Gasteiger partial charge is 0.253 e. The van der Waals surface area contributed by atoms with Gasteiger partial charge in [-0.3, -0.25) is 4.79 Å². The predicted molar refractivity (Wildman–Crippen MR) is 70.1 cm³/mol. The lowest BCUT2D eigenvalue weighted by Crippen LogP contribution is -2.29. The summed E-state index contributed by atoms with van der Waals surface area (Å²) in [6.45, 7) is 4.88. The van der Waals surface area contributed by atoms with E-state index in [1.807, 2.05) is 0 Å². The van der Waals surface area contributed by atoms with E-state index in [1.165, 1.54) is 12.3 Å². The van der Waals surface area contributed by atoms with Crippen molar-refractivity contribution in [3.05, 3.63) is 23.0 Å². The Labute approximate surface area is 107 Å². The van der Waals surface area contributed by atoms with Crippen molar-refractivity contribution in [3.63, 3.8) is 0 Å². The second kappa shape index (κ2) is 6.45. The summed E-state index contributed by atoms with van der Waals surface area (Å²) < 4.78 is 0. The van der Waals surface area contributed by atoms with E-state index in [0.29, 0.717) is 23.7 Å². The first-order valence-electron chi connectivity index (χ1n) is 5.77. The summed E-state index contributed by atoms with van der Waals surface area (Å²) in [6, 6.07) is 1.49. The van der Waals surface area contributed by atoms with Crippen LogP contribution in [0.3, 0.4) is 0 Å². The molecule has 17 heavy (non-hydrogen) atoms. The number of amides is 1. The number of nitrogens with zero attached hydrogens (tertiary/aromatic N) is 1. The third-order valence-electron chi connectivity index (χ3n) is 2.85. The van der Waals surface area contributed by atoms with Crippen LogP contribution in [-0.4, -0.2) is 17.4 Å². The van der Waals surface area contributed by atoms with E-state index in [2.05, 4.69) is 24.1 Å². The largest absolute Gasteiger partial charge is 0.397 e. The van der Waals surface area contributed by atoms with E-state index in [0.717, 1.165) is 12.8 Å². The van der Waals surface area contributed by atoms with Crippen LogP contribution in [0, 0.1) is 5.92 Å². The molecule has 0 atom stereocenters. The number of hydrogen-bond donors (Lipinski definition) is 2. The van der Waals surface area contributed by atoms with Crippen molar-refractivity contribution in [3.8, 4) is 0 Å². The van der Waals surface area contributed by atoms with E-state index in [9.17, 15) is 4.79 Å². The molecule has 1 heterocycles. The first-order chi connectivity index (χ1) is 8.08. The van der Waals surface area contributed by atoms with Crippen LogP contribution in [0.1, 0.15) is 37.0 Å². The Morgan fingerprint density at radius 2 is 2.18 bits per heavy atom. The third-order valence-corrected chi connectivity index (χ3v) is 3.06. The van der Waals surface area contributed by atoms with Gasteiger partial charge in [-0.2, -0.15) is 0 Å². The number of nitrogens with two attached hydrogens (primary N) is 1. The monoisotopic (exact) mass is 255 g/mol. The van der Waals surface area contributed by atoms with Crippen molar-refractivity contribution < 1.29 is 4.79 Å². The number of halogens is 1. The minimum atomic E-state index is -0.196. The van der Waals surface area contributed by atoms with Gasteiger partial charge in [-0.15, -0.1) is 0 Å². The summed E-state index contributed by atoms with van der Waals surface area (Å²) >= 11 is 5.73. The number of carbonyl (C=O) groups excluding carboxylic acids is 1. The van der Waals surface area contributed by atoms with Crippen LogP contribution in [0.25, 0.3) is 0 Å². The molecule has 0 aliphatic carbocycles. The van der Waals surface area contributed by atoms with Gasteiger partial charge in [0.25, 0.3) is 5.91 Å². The molecule has 0 aliphatic rings. The molecule has 4 nitrogen and oxygen atoms in total. The Balaban J connectivity index is 2.66. The van der Waals surface area contributed by atoms with E-state index in [1.54, 1.807) is 0 Å². The van der Waals surface area contributed by atoms with E-state index in [4.69, 9.17) is 17.3 Å². The standard InChI is InChI=1S/C12H18ClN3O/c1-3-8(4-2)6-16-12(17)9-5-11(13)15-7-10(9)14/h5,7-8H,3-4,6,14H2,1-2H3,(H,16,17). The van der Waals surface area contributed by atoms with Gasteiger partial charge in [-0.25, -0.2) is 4.98 Å². The molecule has 0 aromatic carbocycles. The molecular formula is C12H18ClN3O. The number of pyridine rings is 1. The number of aromatic nitrogens is 1. The highest BCUT2D eigenvalue weighted by Gasteiger charge is 2.12. The lowest BCUT2D eigenvalue weighted by atomic mass is 10.0. The molecule has 1 aromatic heterocycles.